The van der Waals surface area contributed by atoms with E-state index in [1.807, 2.05) is 48.7 Å². The molecular formula is C22H25N3O3. The van der Waals surface area contributed by atoms with Gasteiger partial charge in [-0.05, 0) is 43.0 Å². The number of carbonyl (C=O) groups is 1. The van der Waals surface area contributed by atoms with Gasteiger partial charge in [-0.3, -0.25) is 0 Å². The van der Waals surface area contributed by atoms with Crippen LogP contribution in [0.25, 0.3) is 10.9 Å². The summed E-state index contributed by atoms with van der Waals surface area (Å²) < 4.78 is 11.4. The molecule has 2 heterocycles. The molecule has 4 rings (SSSR count). The lowest BCUT2D eigenvalue weighted by Crippen LogP contribution is -2.30. The first-order valence-corrected chi connectivity index (χ1v) is 9.73. The predicted octanol–water partition coefficient (Wildman–Crippen LogP) is 4.09. The molecule has 1 saturated heterocycles. The van der Waals surface area contributed by atoms with E-state index in [4.69, 9.17) is 9.47 Å². The number of anilines is 1. The molecule has 3 N–H and O–H groups in total. The van der Waals surface area contributed by atoms with Crippen molar-refractivity contribution in [3.05, 3.63) is 60.3 Å². The number of amides is 2. The van der Waals surface area contributed by atoms with E-state index in [9.17, 15) is 4.79 Å². The van der Waals surface area contributed by atoms with Crippen LogP contribution in [-0.4, -0.2) is 36.9 Å². The molecule has 1 aromatic heterocycles. The minimum Gasteiger partial charge on any atom is -0.489 e. The zero-order valence-corrected chi connectivity index (χ0v) is 15.7. The predicted molar refractivity (Wildman–Crippen MR) is 110 cm³/mol. The lowest BCUT2D eigenvalue weighted by Gasteiger charge is -2.15. The Morgan fingerprint density at radius 1 is 1.18 bits per heavy atom. The smallest absolute Gasteiger partial charge is 0.319 e. The fraction of sp³-hybridized carbons (Fsp3) is 0.318. The number of fused-ring (bicyclic) bond motifs is 1. The number of aromatic nitrogens is 1. The molecule has 28 heavy (non-hydrogen) atoms. The van der Waals surface area contributed by atoms with E-state index < -0.39 is 0 Å². The van der Waals surface area contributed by atoms with Crippen LogP contribution in [0.2, 0.25) is 0 Å². The average molecular weight is 379 g/mol. The molecule has 0 unspecified atom stereocenters. The van der Waals surface area contributed by atoms with Gasteiger partial charge in [0.1, 0.15) is 12.4 Å². The van der Waals surface area contributed by atoms with Gasteiger partial charge in [-0.25, -0.2) is 4.79 Å². The van der Waals surface area contributed by atoms with Crippen molar-refractivity contribution >= 4 is 22.6 Å². The molecule has 2 aromatic carbocycles. The van der Waals surface area contributed by atoms with Gasteiger partial charge in [0.15, 0.2) is 0 Å². The molecule has 0 radical (unpaired) electrons. The normalized spacial score (nSPS) is 16.2. The molecule has 1 aliphatic heterocycles. The Labute approximate surface area is 164 Å². The van der Waals surface area contributed by atoms with Gasteiger partial charge in [-0.15, -0.1) is 0 Å². The van der Waals surface area contributed by atoms with Crippen LogP contribution < -0.4 is 15.4 Å². The monoisotopic (exact) mass is 379 g/mol. The van der Waals surface area contributed by atoms with Crippen molar-refractivity contribution in [1.29, 1.82) is 0 Å². The van der Waals surface area contributed by atoms with Crippen LogP contribution in [0.15, 0.2) is 54.7 Å². The number of rotatable bonds is 7. The van der Waals surface area contributed by atoms with E-state index in [0.717, 1.165) is 31.4 Å². The molecule has 146 valence electrons. The van der Waals surface area contributed by atoms with E-state index in [2.05, 4.69) is 21.7 Å². The second kappa shape index (κ2) is 8.80. The lowest BCUT2D eigenvalue weighted by molar-refractivity contribution is 0.0682. The van der Waals surface area contributed by atoms with Crippen molar-refractivity contribution in [1.82, 2.24) is 10.3 Å². The maximum absolute atomic E-state index is 12.3. The summed E-state index contributed by atoms with van der Waals surface area (Å²) in [5, 5.41) is 6.99. The number of carbonyl (C=O) groups excluding carboxylic acids is 1. The van der Waals surface area contributed by atoms with Crippen LogP contribution >= 0.6 is 0 Å². The van der Waals surface area contributed by atoms with Crippen LogP contribution in [0.3, 0.4) is 0 Å². The second-order valence-electron chi connectivity index (χ2n) is 6.93. The number of benzene rings is 2. The summed E-state index contributed by atoms with van der Waals surface area (Å²) in [6.07, 6.45) is 4.99. The fourth-order valence-electron chi connectivity index (χ4n) is 3.47. The van der Waals surface area contributed by atoms with Crippen LogP contribution in [0.1, 0.15) is 18.4 Å². The number of aromatic amines is 1. The van der Waals surface area contributed by atoms with Gasteiger partial charge in [0.05, 0.1) is 11.8 Å². The molecule has 6 heteroatoms. The van der Waals surface area contributed by atoms with Crippen LogP contribution in [0.4, 0.5) is 10.5 Å². The first-order valence-electron chi connectivity index (χ1n) is 9.73. The Bertz CT molecular complexity index is 931. The molecular weight excluding hydrogens is 354 g/mol. The Kier molecular flexibility index (Phi) is 5.77. The highest BCUT2D eigenvalue weighted by atomic mass is 16.5. The van der Waals surface area contributed by atoms with Crippen LogP contribution in [-0.2, 0) is 11.2 Å². The highest BCUT2D eigenvalue weighted by molar-refractivity contribution is 5.91. The quantitative estimate of drug-likeness (QED) is 0.579. The number of hydrogen-bond donors (Lipinski definition) is 3. The van der Waals surface area contributed by atoms with Crippen molar-refractivity contribution < 1.29 is 14.3 Å². The summed E-state index contributed by atoms with van der Waals surface area (Å²) in [5.74, 6) is 0.657. The minimum atomic E-state index is -0.243. The zero-order chi connectivity index (χ0) is 19.2. The maximum atomic E-state index is 12.3. The van der Waals surface area contributed by atoms with Crippen LogP contribution in [0, 0.1) is 0 Å². The van der Waals surface area contributed by atoms with Gasteiger partial charge >= 0.3 is 6.03 Å². The summed E-state index contributed by atoms with van der Waals surface area (Å²) in [6.45, 7) is 1.85. The van der Waals surface area contributed by atoms with Crippen molar-refractivity contribution in [2.24, 2.45) is 0 Å². The standard InChI is InChI=1S/C22H25N3O3/c26-22(23-12-11-16-14-24-19-8-2-1-7-18(16)19)25-20-9-3-4-10-21(20)28-15-17-6-5-13-27-17/h1-4,7-10,14,17,24H,5-6,11-13,15H2,(H2,23,25,26)/t17-/m1/s1. The minimum absolute atomic E-state index is 0.137. The van der Waals surface area contributed by atoms with E-state index in [0.29, 0.717) is 24.6 Å². The summed E-state index contributed by atoms with van der Waals surface area (Å²) in [7, 11) is 0. The highest BCUT2D eigenvalue weighted by Gasteiger charge is 2.17. The summed E-state index contributed by atoms with van der Waals surface area (Å²) in [6, 6.07) is 15.4. The number of urea groups is 1. The van der Waals surface area contributed by atoms with Gasteiger partial charge in [0, 0.05) is 30.3 Å². The third kappa shape index (κ3) is 4.46. The molecule has 0 aliphatic carbocycles. The van der Waals surface area contributed by atoms with Crippen molar-refractivity contribution in [2.75, 3.05) is 25.1 Å². The van der Waals surface area contributed by atoms with Gasteiger partial charge in [0.2, 0.25) is 0 Å². The van der Waals surface area contributed by atoms with Crippen molar-refractivity contribution in [3.63, 3.8) is 0 Å². The maximum Gasteiger partial charge on any atom is 0.319 e. The number of H-pyrrole nitrogens is 1. The molecule has 3 aromatic rings. The molecule has 0 saturated carbocycles. The van der Waals surface area contributed by atoms with Crippen molar-refractivity contribution in [2.45, 2.75) is 25.4 Å². The molecule has 1 atom stereocenters. The first-order chi connectivity index (χ1) is 13.8. The van der Waals surface area contributed by atoms with Crippen LogP contribution in [0.5, 0.6) is 5.75 Å². The van der Waals surface area contributed by atoms with E-state index in [1.165, 1.54) is 10.9 Å². The molecule has 1 fully saturated rings. The van der Waals surface area contributed by atoms with E-state index in [1.54, 1.807) is 0 Å². The summed E-state index contributed by atoms with van der Waals surface area (Å²) in [4.78, 5) is 15.6. The van der Waals surface area contributed by atoms with Gasteiger partial charge in [-0.1, -0.05) is 30.3 Å². The number of ether oxygens (including phenoxy) is 2. The topological polar surface area (TPSA) is 75.4 Å². The second-order valence-corrected chi connectivity index (χ2v) is 6.93. The van der Waals surface area contributed by atoms with Crippen molar-refractivity contribution in [3.8, 4) is 5.75 Å². The zero-order valence-electron chi connectivity index (χ0n) is 15.7. The molecule has 1 aliphatic rings. The Morgan fingerprint density at radius 3 is 2.93 bits per heavy atom. The van der Waals surface area contributed by atoms with Gasteiger partial charge in [0.25, 0.3) is 0 Å². The summed E-state index contributed by atoms with van der Waals surface area (Å²) >= 11 is 0. The molecule has 2 amide bonds. The largest absolute Gasteiger partial charge is 0.489 e. The number of hydrogen-bond acceptors (Lipinski definition) is 3. The van der Waals surface area contributed by atoms with E-state index >= 15 is 0 Å². The lowest BCUT2D eigenvalue weighted by atomic mass is 10.1. The SMILES string of the molecule is O=C(NCCc1c[nH]c2ccccc12)Nc1ccccc1OC[C@H]1CCCO1. The highest BCUT2D eigenvalue weighted by Crippen LogP contribution is 2.25. The Balaban J connectivity index is 1.28. The molecule has 0 bridgehead atoms. The Hall–Kier alpha value is -2.99. The average Bonchev–Trinajstić information content (AvgIpc) is 3.38. The number of para-hydroxylation sites is 3. The third-order valence-corrected chi connectivity index (χ3v) is 4.94. The number of nitrogens with one attached hydrogen (secondary N) is 3. The van der Waals surface area contributed by atoms with E-state index in [-0.39, 0.29) is 12.1 Å². The third-order valence-electron chi connectivity index (χ3n) is 4.94. The molecule has 6 nitrogen and oxygen atoms in total. The summed E-state index contributed by atoms with van der Waals surface area (Å²) in [5.41, 5.74) is 2.96. The van der Waals surface area contributed by atoms with Gasteiger partial charge in [-0.2, -0.15) is 0 Å². The van der Waals surface area contributed by atoms with Gasteiger partial charge < -0.3 is 25.1 Å². The molecule has 0 spiro atoms. The Morgan fingerprint density at radius 2 is 2.04 bits per heavy atom. The fourth-order valence-corrected chi connectivity index (χ4v) is 3.47. The first kappa shape index (κ1) is 18.4.